The summed E-state index contributed by atoms with van der Waals surface area (Å²) in [4.78, 5) is 27.8. The highest BCUT2D eigenvalue weighted by Crippen LogP contribution is 2.44. The molecule has 2 aliphatic rings. The standard InChI is InChI=1S/C25H30N2O3/c1-16(17-8-6-5-7-9-17)27-22-15-19(18-10-11-18)12-13-20(22)14-21(23(27)28)26-24(29)30-25(2,3)4/h5-9,12-13,15-16,18,21H,10-11,14H2,1-4H3,(H,26,29)/t16-,21+/m0/s1. The van der Waals surface area contributed by atoms with Crippen molar-refractivity contribution in [1.82, 2.24) is 5.32 Å². The van der Waals surface area contributed by atoms with E-state index in [0.29, 0.717) is 12.3 Å². The molecule has 2 atom stereocenters. The molecule has 0 unspecified atom stereocenters. The third kappa shape index (κ3) is 4.35. The number of carbonyl (C=O) groups excluding carboxylic acids is 2. The number of alkyl carbamates (subject to hydrolysis) is 1. The highest BCUT2D eigenvalue weighted by molar-refractivity contribution is 6.02. The van der Waals surface area contributed by atoms with E-state index in [1.807, 2.05) is 62.9 Å². The number of ether oxygens (including phenoxy) is 1. The van der Waals surface area contributed by atoms with Gasteiger partial charge in [0.05, 0.1) is 6.04 Å². The molecule has 30 heavy (non-hydrogen) atoms. The second kappa shape index (κ2) is 7.78. The van der Waals surface area contributed by atoms with Gasteiger partial charge in [-0.3, -0.25) is 4.79 Å². The number of fused-ring (bicyclic) bond motifs is 1. The lowest BCUT2D eigenvalue weighted by molar-refractivity contribution is -0.121. The Bertz CT molecular complexity index is 945. The van der Waals surface area contributed by atoms with E-state index in [1.165, 1.54) is 18.4 Å². The van der Waals surface area contributed by atoms with Gasteiger partial charge in [0.1, 0.15) is 11.6 Å². The number of anilines is 1. The molecule has 1 aliphatic carbocycles. The first kappa shape index (κ1) is 20.5. The van der Waals surface area contributed by atoms with Gasteiger partial charge in [-0.1, -0.05) is 42.5 Å². The van der Waals surface area contributed by atoms with Crippen molar-refractivity contribution in [1.29, 1.82) is 0 Å². The largest absolute Gasteiger partial charge is 0.444 e. The highest BCUT2D eigenvalue weighted by atomic mass is 16.6. The summed E-state index contributed by atoms with van der Waals surface area (Å²) in [5.41, 5.74) is 3.78. The molecule has 2 amide bonds. The van der Waals surface area contributed by atoms with Gasteiger partial charge in [0, 0.05) is 12.1 Å². The Kier molecular flexibility index (Phi) is 5.31. The predicted molar refractivity (Wildman–Crippen MR) is 118 cm³/mol. The summed E-state index contributed by atoms with van der Waals surface area (Å²) in [6, 6.07) is 15.7. The topological polar surface area (TPSA) is 58.6 Å². The summed E-state index contributed by atoms with van der Waals surface area (Å²) in [7, 11) is 0. The SMILES string of the molecule is C[C@@H](c1ccccc1)N1C(=O)[C@H](NC(=O)OC(C)(C)C)Cc2ccc(C3CC3)cc21. The van der Waals surface area contributed by atoms with Gasteiger partial charge in [-0.15, -0.1) is 0 Å². The third-order valence-electron chi connectivity index (χ3n) is 5.74. The number of nitrogens with one attached hydrogen (secondary N) is 1. The van der Waals surface area contributed by atoms with Gasteiger partial charge in [-0.05, 0) is 69.2 Å². The van der Waals surface area contributed by atoms with E-state index >= 15 is 0 Å². The van der Waals surface area contributed by atoms with Crippen molar-refractivity contribution in [2.45, 2.75) is 70.6 Å². The van der Waals surface area contributed by atoms with Crippen LogP contribution in [-0.2, 0) is 16.0 Å². The number of amides is 2. The molecular weight excluding hydrogens is 376 g/mol. The lowest BCUT2D eigenvalue weighted by Gasteiger charge is -2.39. The molecule has 1 fully saturated rings. The molecule has 1 aliphatic heterocycles. The van der Waals surface area contributed by atoms with E-state index in [2.05, 4.69) is 23.5 Å². The molecule has 5 heteroatoms. The van der Waals surface area contributed by atoms with Gasteiger partial charge < -0.3 is 15.0 Å². The van der Waals surface area contributed by atoms with E-state index in [4.69, 9.17) is 4.74 Å². The summed E-state index contributed by atoms with van der Waals surface area (Å²) in [5.74, 6) is 0.509. The lowest BCUT2D eigenvalue weighted by Crippen LogP contribution is -2.54. The highest BCUT2D eigenvalue weighted by Gasteiger charge is 2.38. The summed E-state index contributed by atoms with van der Waals surface area (Å²) >= 11 is 0. The Morgan fingerprint density at radius 3 is 2.47 bits per heavy atom. The van der Waals surface area contributed by atoms with Crippen LogP contribution < -0.4 is 10.2 Å². The number of hydrogen-bond donors (Lipinski definition) is 1. The lowest BCUT2D eigenvalue weighted by atomic mass is 9.92. The summed E-state index contributed by atoms with van der Waals surface area (Å²) in [6.45, 7) is 7.48. The molecule has 2 aromatic rings. The molecule has 158 valence electrons. The first-order valence-electron chi connectivity index (χ1n) is 10.7. The summed E-state index contributed by atoms with van der Waals surface area (Å²) in [6.07, 6.45) is 2.33. The van der Waals surface area contributed by atoms with E-state index in [-0.39, 0.29) is 11.9 Å². The molecule has 1 N–H and O–H groups in total. The van der Waals surface area contributed by atoms with Crippen molar-refractivity contribution < 1.29 is 14.3 Å². The second-order valence-corrected chi connectivity index (χ2v) is 9.36. The smallest absolute Gasteiger partial charge is 0.408 e. The van der Waals surface area contributed by atoms with Gasteiger partial charge in [0.15, 0.2) is 0 Å². The predicted octanol–water partition coefficient (Wildman–Crippen LogP) is 5.11. The zero-order valence-electron chi connectivity index (χ0n) is 18.1. The first-order chi connectivity index (χ1) is 14.2. The van der Waals surface area contributed by atoms with Gasteiger partial charge in [0.2, 0.25) is 0 Å². The van der Waals surface area contributed by atoms with Crippen LogP contribution in [0, 0.1) is 0 Å². The number of hydrogen-bond acceptors (Lipinski definition) is 3. The molecule has 2 aromatic carbocycles. The third-order valence-corrected chi connectivity index (χ3v) is 5.74. The fourth-order valence-electron chi connectivity index (χ4n) is 4.08. The fourth-order valence-corrected chi connectivity index (χ4v) is 4.08. The van der Waals surface area contributed by atoms with Crippen LogP contribution in [0.15, 0.2) is 48.5 Å². The van der Waals surface area contributed by atoms with E-state index in [9.17, 15) is 9.59 Å². The van der Waals surface area contributed by atoms with Crippen LogP contribution in [0.25, 0.3) is 0 Å². The summed E-state index contributed by atoms with van der Waals surface area (Å²) in [5, 5.41) is 2.80. The zero-order chi connectivity index (χ0) is 21.5. The minimum absolute atomic E-state index is 0.0994. The van der Waals surface area contributed by atoms with Crippen molar-refractivity contribution in [2.75, 3.05) is 4.90 Å². The van der Waals surface area contributed by atoms with Gasteiger partial charge in [-0.2, -0.15) is 0 Å². The Labute approximate surface area is 178 Å². The molecule has 5 nitrogen and oxygen atoms in total. The molecule has 1 heterocycles. The number of nitrogens with zero attached hydrogens (tertiary/aromatic N) is 1. The van der Waals surface area contributed by atoms with Crippen LogP contribution in [0.2, 0.25) is 0 Å². The fraction of sp³-hybridized carbons (Fsp3) is 0.440. The first-order valence-corrected chi connectivity index (χ1v) is 10.7. The van der Waals surface area contributed by atoms with Gasteiger partial charge in [-0.25, -0.2) is 4.79 Å². The minimum Gasteiger partial charge on any atom is -0.444 e. The molecule has 0 saturated heterocycles. The number of benzene rings is 2. The van der Waals surface area contributed by atoms with Crippen molar-refractivity contribution in [3.05, 3.63) is 65.2 Å². The molecule has 1 saturated carbocycles. The van der Waals surface area contributed by atoms with Crippen LogP contribution in [0.4, 0.5) is 10.5 Å². The van der Waals surface area contributed by atoms with E-state index in [0.717, 1.165) is 16.8 Å². The summed E-state index contributed by atoms with van der Waals surface area (Å²) < 4.78 is 5.40. The molecular formula is C25H30N2O3. The zero-order valence-corrected chi connectivity index (χ0v) is 18.1. The van der Waals surface area contributed by atoms with E-state index in [1.54, 1.807) is 0 Å². The Morgan fingerprint density at radius 2 is 1.83 bits per heavy atom. The van der Waals surface area contributed by atoms with Crippen LogP contribution >= 0.6 is 0 Å². The molecule has 0 spiro atoms. The normalized spacial score (nSPS) is 19.8. The van der Waals surface area contributed by atoms with Crippen LogP contribution in [0.1, 0.15) is 69.2 Å². The number of rotatable bonds is 4. The average Bonchev–Trinajstić information content (AvgIpc) is 3.52. The monoisotopic (exact) mass is 406 g/mol. The van der Waals surface area contributed by atoms with Crippen molar-refractivity contribution >= 4 is 17.7 Å². The molecule has 0 bridgehead atoms. The maximum absolute atomic E-state index is 13.6. The second-order valence-electron chi connectivity index (χ2n) is 9.36. The van der Waals surface area contributed by atoms with Crippen molar-refractivity contribution in [3.8, 4) is 0 Å². The average molecular weight is 407 g/mol. The van der Waals surface area contributed by atoms with Gasteiger partial charge in [0.25, 0.3) is 5.91 Å². The van der Waals surface area contributed by atoms with E-state index < -0.39 is 17.7 Å². The van der Waals surface area contributed by atoms with Gasteiger partial charge >= 0.3 is 6.09 Å². The Balaban J connectivity index is 1.67. The van der Waals surface area contributed by atoms with Crippen molar-refractivity contribution in [2.24, 2.45) is 0 Å². The Hall–Kier alpha value is -2.82. The molecule has 0 aromatic heterocycles. The number of carbonyl (C=O) groups is 2. The van der Waals surface area contributed by atoms with Crippen molar-refractivity contribution in [3.63, 3.8) is 0 Å². The van der Waals surface area contributed by atoms with Crippen LogP contribution in [-0.4, -0.2) is 23.6 Å². The quantitative estimate of drug-likeness (QED) is 0.768. The molecule has 0 radical (unpaired) electrons. The molecule has 4 rings (SSSR count). The maximum Gasteiger partial charge on any atom is 0.408 e. The maximum atomic E-state index is 13.6. The van der Waals surface area contributed by atoms with Crippen LogP contribution in [0.3, 0.4) is 0 Å². The minimum atomic E-state index is -0.648. The Morgan fingerprint density at radius 1 is 1.13 bits per heavy atom. The van der Waals surface area contributed by atoms with Crippen LogP contribution in [0.5, 0.6) is 0 Å².